The number of carbonyl (C=O) groups is 2. The number of nitrogens with one attached hydrogen (secondary N) is 1. The predicted octanol–water partition coefficient (Wildman–Crippen LogP) is 5.66. The number of nitrogens with zero attached hydrogens (tertiary/aromatic N) is 1. The average molecular weight is 442 g/mol. The lowest BCUT2D eigenvalue weighted by Crippen LogP contribution is -2.23. The Hall–Kier alpha value is -4.26. The number of aromatic carboxylic acids is 1. The Kier molecular flexibility index (Phi) is 5.55. The Morgan fingerprint density at radius 3 is 2.42 bits per heavy atom. The lowest BCUT2D eigenvalue weighted by atomic mass is 9.72. The van der Waals surface area contributed by atoms with Crippen LogP contribution in [-0.2, 0) is 5.41 Å². The molecule has 0 saturated heterocycles. The first-order valence-corrected chi connectivity index (χ1v) is 10.4. The quantitative estimate of drug-likeness (QED) is 0.391. The molecular formula is C26H22N2O5. The van der Waals surface area contributed by atoms with Crippen LogP contribution in [0, 0.1) is 10.1 Å². The summed E-state index contributed by atoms with van der Waals surface area (Å²) in [6, 6.07) is 19.0. The van der Waals surface area contributed by atoms with Crippen LogP contribution in [0.25, 0.3) is 5.57 Å². The van der Waals surface area contributed by atoms with E-state index in [-0.39, 0.29) is 11.1 Å². The molecule has 0 bridgehead atoms. The first kappa shape index (κ1) is 22.0. The van der Waals surface area contributed by atoms with Gasteiger partial charge in [-0.1, -0.05) is 56.3 Å². The number of amides is 1. The van der Waals surface area contributed by atoms with E-state index in [1.807, 2.05) is 42.5 Å². The van der Waals surface area contributed by atoms with Gasteiger partial charge < -0.3 is 10.4 Å². The van der Waals surface area contributed by atoms with Crippen molar-refractivity contribution in [3.63, 3.8) is 0 Å². The number of rotatable bonds is 5. The third-order valence-electron chi connectivity index (χ3n) is 5.89. The molecule has 7 heteroatoms. The molecule has 3 aromatic rings. The number of hydrogen-bond acceptors (Lipinski definition) is 4. The standard InChI is InChI=1S/C26H22N2O5/c1-26(2)13-12-19(16-6-4-3-5-7-16)21-14-17(8-11-22(21)26)24(29)27-18-9-10-20(25(30)31)23(15-18)28(32)33/h3-12,14-15H,13H2,1-2H3,(H,27,29)(H,30,31). The summed E-state index contributed by atoms with van der Waals surface area (Å²) in [6.45, 7) is 4.32. The summed E-state index contributed by atoms with van der Waals surface area (Å²) in [4.78, 5) is 34.7. The van der Waals surface area contributed by atoms with Gasteiger partial charge in [-0.2, -0.15) is 0 Å². The molecule has 0 aliphatic heterocycles. The second-order valence-electron chi connectivity index (χ2n) is 8.58. The van der Waals surface area contributed by atoms with Gasteiger partial charge in [0, 0.05) is 17.3 Å². The van der Waals surface area contributed by atoms with Crippen LogP contribution >= 0.6 is 0 Å². The molecule has 0 unspecified atom stereocenters. The van der Waals surface area contributed by atoms with Gasteiger partial charge in [-0.15, -0.1) is 0 Å². The highest BCUT2D eigenvalue weighted by Gasteiger charge is 2.29. The zero-order valence-corrected chi connectivity index (χ0v) is 18.2. The fraction of sp³-hybridized carbons (Fsp3) is 0.154. The van der Waals surface area contributed by atoms with Crippen molar-refractivity contribution in [3.05, 3.63) is 111 Å². The molecule has 0 aromatic heterocycles. The number of benzene rings is 3. The topological polar surface area (TPSA) is 110 Å². The molecule has 1 amide bonds. The number of fused-ring (bicyclic) bond motifs is 1. The van der Waals surface area contributed by atoms with Gasteiger partial charge in [0.25, 0.3) is 11.6 Å². The first-order valence-electron chi connectivity index (χ1n) is 10.4. The maximum atomic E-state index is 13.0. The molecule has 33 heavy (non-hydrogen) atoms. The van der Waals surface area contributed by atoms with Gasteiger partial charge in [0.05, 0.1) is 4.92 Å². The number of nitro benzene ring substituents is 1. The minimum Gasteiger partial charge on any atom is -0.477 e. The highest BCUT2D eigenvalue weighted by atomic mass is 16.6. The van der Waals surface area contributed by atoms with Crippen molar-refractivity contribution >= 4 is 28.8 Å². The van der Waals surface area contributed by atoms with Crippen LogP contribution in [0.15, 0.2) is 72.8 Å². The zero-order valence-electron chi connectivity index (χ0n) is 18.2. The van der Waals surface area contributed by atoms with E-state index in [9.17, 15) is 19.7 Å². The minimum absolute atomic E-state index is 0.0874. The van der Waals surface area contributed by atoms with Gasteiger partial charge in [-0.25, -0.2) is 4.79 Å². The summed E-state index contributed by atoms with van der Waals surface area (Å²) in [5.74, 6) is -1.84. The fourth-order valence-electron chi connectivity index (χ4n) is 4.11. The van der Waals surface area contributed by atoms with E-state index >= 15 is 0 Å². The molecule has 0 fully saturated rings. The molecule has 0 spiro atoms. The van der Waals surface area contributed by atoms with Crippen molar-refractivity contribution in [2.45, 2.75) is 25.7 Å². The summed E-state index contributed by atoms with van der Waals surface area (Å²) in [5.41, 5.74) is 3.67. The van der Waals surface area contributed by atoms with Crippen molar-refractivity contribution in [2.75, 3.05) is 5.32 Å². The smallest absolute Gasteiger partial charge is 0.342 e. The monoisotopic (exact) mass is 442 g/mol. The molecule has 166 valence electrons. The fourth-order valence-corrected chi connectivity index (χ4v) is 4.11. The molecule has 0 saturated carbocycles. The maximum Gasteiger partial charge on any atom is 0.342 e. The second kappa shape index (κ2) is 8.35. The minimum atomic E-state index is -1.41. The van der Waals surface area contributed by atoms with Gasteiger partial charge in [0.2, 0.25) is 0 Å². The molecule has 1 aliphatic rings. The van der Waals surface area contributed by atoms with Gasteiger partial charge in [-0.05, 0) is 58.4 Å². The predicted molar refractivity (Wildman–Crippen MR) is 126 cm³/mol. The summed E-state index contributed by atoms with van der Waals surface area (Å²) in [6.07, 6.45) is 3.06. The Labute approximate surface area is 190 Å². The Balaban J connectivity index is 1.70. The highest BCUT2D eigenvalue weighted by molar-refractivity contribution is 6.06. The van der Waals surface area contributed by atoms with Crippen LogP contribution in [0.3, 0.4) is 0 Å². The Morgan fingerprint density at radius 2 is 1.76 bits per heavy atom. The summed E-state index contributed by atoms with van der Waals surface area (Å²) >= 11 is 0. The summed E-state index contributed by atoms with van der Waals surface area (Å²) < 4.78 is 0. The molecule has 2 N–H and O–H groups in total. The van der Waals surface area contributed by atoms with Crippen molar-refractivity contribution in [2.24, 2.45) is 0 Å². The van der Waals surface area contributed by atoms with E-state index in [4.69, 9.17) is 5.11 Å². The number of anilines is 1. The van der Waals surface area contributed by atoms with Crippen molar-refractivity contribution in [1.29, 1.82) is 0 Å². The number of carboxylic acid groups (broad SMARTS) is 1. The number of allylic oxidation sites excluding steroid dienone is 1. The summed E-state index contributed by atoms with van der Waals surface area (Å²) in [5, 5.41) is 23.0. The van der Waals surface area contributed by atoms with Crippen LogP contribution < -0.4 is 5.32 Å². The third-order valence-corrected chi connectivity index (χ3v) is 5.89. The zero-order chi connectivity index (χ0) is 23.8. The normalized spacial score (nSPS) is 14.1. The lowest BCUT2D eigenvalue weighted by Gasteiger charge is -2.32. The molecule has 7 nitrogen and oxygen atoms in total. The van der Waals surface area contributed by atoms with Gasteiger partial charge in [-0.3, -0.25) is 14.9 Å². The number of hydrogen-bond donors (Lipinski definition) is 2. The average Bonchev–Trinajstić information content (AvgIpc) is 2.79. The van der Waals surface area contributed by atoms with E-state index < -0.39 is 28.1 Å². The molecule has 1 aliphatic carbocycles. The lowest BCUT2D eigenvalue weighted by molar-refractivity contribution is -0.385. The SMILES string of the molecule is CC1(C)CC=C(c2ccccc2)c2cc(C(=O)Nc3ccc(C(=O)O)c([N+](=O)[O-])c3)ccc21. The number of carbonyl (C=O) groups excluding carboxylic acids is 1. The largest absolute Gasteiger partial charge is 0.477 e. The molecular weight excluding hydrogens is 420 g/mol. The van der Waals surface area contributed by atoms with E-state index in [1.165, 1.54) is 6.07 Å². The van der Waals surface area contributed by atoms with Crippen LogP contribution in [0.4, 0.5) is 11.4 Å². The molecule has 0 atom stereocenters. The van der Waals surface area contributed by atoms with E-state index in [0.717, 1.165) is 40.8 Å². The maximum absolute atomic E-state index is 13.0. The Bertz CT molecular complexity index is 1310. The van der Waals surface area contributed by atoms with Crippen LogP contribution in [-0.4, -0.2) is 21.9 Å². The third kappa shape index (κ3) is 4.25. The first-order chi connectivity index (χ1) is 15.7. The molecule has 0 heterocycles. The van der Waals surface area contributed by atoms with E-state index in [0.29, 0.717) is 5.56 Å². The Morgan fingerprint density at radius 1 is 1.03 bits per heavy atom. The van der Waals surface area contributed by atoms with Gasteiger partial charge >= 0.3 is 5.97 Å². The van der Waals surface area contributed by atoms with Crippen molar-refractivity contribution in [3.8, 4) is 0 Å². The molecule has 4 rings (SSSR count). The highest BCUT2D eigenvalue weighted by Crippen LogP contribution is 2.41. The number of carboxylic acids is 1. The van der Waals surface area contributed by atoms with E-state index in [2.05, 4.69) is 25.2 Å². The number of nitro groups is 1. The summed E-state index contributed by atoms with van der Waals surface area (Å²) in [7, 11) is 0. The van der Waals surface area contributed by atoms with Crippen molar-refractivity contribution < 1.29 is 19.6 Å². The van der Waals surface area contributed by atoms with Crippen LogP contribution in [0.1, 0.15) is 57.7 Å². The van der Waals surface area contributed by atoms with Gasteiger partial charge in [0.1, 0.15) is 5.56 Å². The van der Waals surface area contributed by atoms with Crippen LogP contribution in [0.2, 0.25) is 0 Å². The van der Waals surface area contributed by atoms with Crippen molar-refractivity contribution in [1.82, 2.24) is 0 Å². The van der Waals surface area contributed by atoms with E-state index in [1.54, 1.807) is 6.07 Å². The second-order valence-corrected chi connectivity index (χ2v) is 8.58. The molecule has 0 radical (unpaired) electrons. The van der Waals surface area contributed by atoms with Crippen LogP contribution in [0.5, 0.6) is 0 Å². The van der Waals surface area contributed by atoms with Gasteiger partial charge in [0.15, 0.2) is 0 Å². The molecule has 3 aromatic carbocycles.